The standard InChI is InChI=1S/C18H17BN2S3/c1-10-5-8-15(22-10)12-6-7-13-17-16(12)20-24-21(17)19(3,4)14-9-11(2)23-18(13)14/h5-9H,1-4H3. The number of nitrogens with zero attached hydrogens (tertiary/aromatic N) is 2. The van der Waals surface area contributed by atoms with Crippen LogP contribution in [0.5, 0.6) is 0 Å². The summed E-state index contributed by atoms with van der Waals surface area (Å²) < 4.78 is 7.35. The summed E-state index contributed by atoms with van der Waals surface area (Å²) in [5.74, 6) is 0. The average Bonchev–Trinajstić information content (AvgIpc) is 3.23. The van der Waals surface area contributed by atoms with Gasteiger partial charge in [-0.3, -0.25) is 0 Å². The first-order valence-corrected chi connectivity index (χ1v) is 10.6. The maximum absolute atomic E-state index is 4.89. The second kappa shape index (κ2) is 4.78. The molecule has 0 saturated carbocycles. The van der Waals surface area contributed by atoms with Crippen LogP contribution in [0.3, 0.4) is 0 Å². The van der Waals surface area contributed by atoms with E-state index in [1.165, 1.54) is 41.6 Å². The highest BCUT2D eigenvalue weighted by atomic mass is 32.1. The van der Waals surface area contributed by atoms with Gasteiger partial charge in [-0.15, -0.1) is 41.8 Å². The first kappa shape index (κ1) is 14.8. The molecule has 0 aliphatic carbocycles. The largest absolute Gasteiger partial charge is 0.363 e. The molecule has 6 heteroatoms. The molecule has 0 amide bonds. The second-order valence-electron chi connectivity index (χ2n) is 7.21. The molecule has 1 aliphatic heterocycles. The normalized spacial score (nSPS) is 15.0. The molecular weight excluding hydrogens is 351 g/mol. The van der Waals surface area contributed by atoms with Crippen molar-refractivity contribution in [3.63, 3.8) is 0 Å². The molecule has 0 bridgehead atoms. The molecule has 120 valence electrons. The minimum absolute atomic E-state index is 0.799. The molecule has 2 nitrogen and oxygen atoms in total. The van der Waals surface area contributed by atoms with E-state index in [1.807, 2.05) is 22.7 Å². The SMILES string of the molecule is Cc1ccc(-c2ccc3c4c2ns[n+]4[B-](C)(C)c2cc(C)sc2-3)s1. The first-order valence-electron chi connectivity index (χ1n) is 8.23. The Kier molecular flexibility index (Phi) is 2.95. The maximum Gasteiger partial charge on any atom is 0.242 e. The topological polar surface area (TPSA) is 16.8 Å². The van der Waals surface area contributed by atoms with Crippen LogP contribution in [-0.2, 0) is 0 Å². The van der Waals surface area contributed by atoms with Crippen LogP contribution < -0.4 is 9.33 Å². The summed E-state index contributed by atoms with van der Waals surface area (Å²) >= 11 is 5.40. The molecule has 0 N–H and O–H groups in total. The van der Waals surface area contributed by atoms with Gasteiger partial charge in [0.25, 0.3) is 0 Å². The molecule has 4 aromatic rings. The van der Waals surface area contributed by atoms with E-state index in [1.54, 1.807) is 11.7 Å². The molecule has 0 saturated heterocycles. The van der Waals surface area contributed by atoms with E-state index in [9.17, 15) is 0 Å². The summed E-state index contributed by atoms with van der Waals surface area (Å²) in [4.78, 5) is 5.49. The number of hydrogen-bond donors (Lipinski definition) is 0. The number of thiophene rings is 2. The number of benzene rings is 1. The van der Waals surface area contributed by atoms with Gasteiger partial charge in [-0.1, -0.05) is 6.07 Å². The highest BCUT2D eigenvalue weighted by Crippen LogP contribution is 2.40. The Labute approximate surface area is 153 Å². The van der Waals surface area contributed by atoms with E-state index in [0.29, 0.717) is 0 Å². The van der Waals surface area contributed by atoms with Crippen molar-refractivity contribution in [1.29, 1.82) is 0 Å². The van der Waals surface area contributed by atoms with Gasteiger partial charge in [0.05, 0.1) is 0 Å². The fourth-order valence-corrected chi connectivity index (χ4v) is 6.93. The average molecular weight is 368 g/mol. The van der Waals surface area contributed by atoms with Crippen molar-refractivity contribution in [2.75, 3.05) is 0 Å². The fraction of sp³-hybridized carbons (Fsp3) is 0.222. The minimum Gasteiger partial charge on any atom is -0.363 e. The Morgan fingerprint density at radius 1 is 0.958 bits per heavy atom. The van der Waals surface area contributed by atoms with Gasteiger partial charge in [-0.2, -0.15) is 0 Å². The van der Waals surface area contributed by atoms with Crippen LogP contribution in [0.1, 0.15) is 9.75 Å². The quantitative estimate of drug-likeness (QED) is 0.435. The third-order valence-electron chi connectivity index (χ3n) is 5.07. The van der Waals surface area contributed by atoms with Gasteiger partial charge in [0, 0.05) is 30.1 Å². The van der Waals surface area contributed by atoms with Crippen molar-refractivity contribution in [3.8, 4) is 20.9 Å². The molecule has 24 heavy (non-hydrogen) atoms. The monoisotopic (exact) mass is 368 g/mol. The Hall–Kier alpha value is -1.50. The smallest absolute Gasteiger partial charge is 0.242 e. The summed E-state index contributed by atoms with van der Waals surface area (Å²) in [6.07, 6.45) is -0.799. The summed E-state index contributed by atoms with van der Waals surface area (Å²) in [6.45, 7) is 9.12. The molecule has 4 heterocycles. The van der Waals surface area contributed by atoms with Crippen molar-refractivity contribution < 1.29 is 3.87 Å². The van der Waals surface area contributed by atoms with Crippen molar-refractivity contribution in [1.82, 2.24) is 4.37 Å². The molecule has 0 spiro atoms. The van der Waals surface area contributed by atoms with Gasteiger partial charge >= 0.3 is 0 Å². The molecule has 1 aliphatic rings. The Morgan fingerprint density at radius 2 is 1.75 bits per heavy atom. The van der Waals surface area contributed by atoms with Crippen LogP contribution in [-0.4, -0.2) is 10.7 Å². The van der Waals surface area contributed by atoms with Gasteiger partial charge in [0.1, 0.15) is 0 Å². The van der Waals surface area contributed by atoms with Crippen LogP contribution >= 0.6 is 34.4 Å². The van der Waals surface area contributed by atoms with Crippen molar-refractivity contribution in [2.45, 2.75) is 27.5 Å². The molecule has 0 radical (unpaired) electrons. The summed E-state index contributed by atoms with van der Waals surface area (Å²) in [5.41, 5.74) is 6.59. The van der Waals surface area contributed by atoms with Crippen molar-refractivity contribution >= 4 is 57.2 Å². The number of hydrogen-bond acceptors (Lipinski definition) is 4. The van der Waals surface area contributed by atoms with Crippen LogP contribution in [0.4, 0.5) is 0 Å². The van der Waals surface area contributed by atoms with E-state index in [-0.39, 0.29) is 0 Å². The van der Waals surface area contributed by atoms with Crippen LogP contribution in [0, 0.1) is 13.8 Å². The van der Waals surface area contributed by atoms with E-state index < -0.39 is 6.28 Å². The number of aryl methyl sites for hydroxylation is 2. The lowest BCUT2D eigenvalue weighted by Gasteiger charge is -2.31. The number of rotatable bonds is 1. The lowest BCUT2D eigenvalue weighted by molar-refractivity contribution is -0.433. The fourth-order valence-electron chi connectivity index (χ4n) is 3.82. The second-order valence-corrected chi connectivity index (χ2v) is 10.5. The Bertz CT molecular complexity index is 1120. The molecule has 0 atom stereocenters. The Morgan fingerprint density at radius 3 is 2.50 bits per heavy atom. The van der Waals surface area contributed by atoms with Gasteiger partial charge in [0.2, 0.25) is 23.5 Å². The summed E-state index contributed by atoms with van der Waals surface area (Å²) in [7, 11) is 0. The number of aromatic nitrogens is 2. The molecule has 1 aromatic carbocycles. The van der Waals surface area contributed by atoms with Gasteiger partial charge < -0.3 is 3.87 Å². The molecule has 3 aromatic heterocycles. The zero-order chi connectivity index (χ0) is 16.6. The predicted molar refractivity (Wildman–Crippen MR) is 108 cm³/mol. The van der Waals surface area contributed by atoms with Crippen LogP contribution in [0.25, 0.3) is 31.9 Å². The van der Waals surface area contributed by atoms with E-state index in [2.05, 4.69) is 61.7 Å². The third kappa shape index (κ3) is 1.82. The van der Waals surface area contributed by atoms with Gasteiger partial charge in [0.15, 0.2) is 5.52 Å². The minimum atomic E-state index is -0.799. The third-order valence-corrected chi connectivity index (χ3v) is 8.36. The predicted octanol–water partition coefficient (Wildman–Crippen LogP) is 4.93. The van der Waals surface area contributed by atoms with Crippen LogP contribution in [0.15, 0.2) is 30.3 Å². The van der Waals surface area contributed by atoms with E-state index in [0.717, 1.165) is 5.52 Å². The zero-order valence-corrected chi connectivity index (χ0v) is 16.5. The first-order chi connectivity index (χ1) is 11.5. The molecule has 0 unspecified atom stereocenters. The number of fused-ring (bicyclic) bond motifs is 2. The van der Waals surface area contributed by atoms with Gasteiger partial charge in [-0.05, 0) is 43.0 Å². The van der Waals surface area contributed by atoms with E-state index in [4.69, 9.17) is 4.37 Å². The highest BCUT2D eigenvalue weighted by molar-refractivity contribution is 7.18. The lowest BCUT2D eigenvalue weighted by Crippen LogP contribution is -2.67. The molecular formula is C18H17BN2S3. The summed E-state index contributed by atoms with van der Waals surface area (Å²) in [6, 6.07) is 11.4. The van der Waals surface area contributed by atoms with Gasteiger partial charge in [-0.25, -0.2) is 0 Å². The van der Waals surface area contributed by atoms with E-state index >= 15 is 0 Å². The molecule has 5 rings (SSSR count). The van der Waals surface area contributed by atoms with Crippen LogP contribution in [0.2, 0.25) is 13.6 Å². The summed E-state index contributed by atoms with van der Waals surface area (Å²) in [5, 5.41) is 0. The maximum atomic E-state index is 4.89. The Balaban J connectivity index is 1.89. The zero-order valence-electron chi connectivity index (χ0n) is 14.1. The molecule has 0 fully saturated rings. The van der Waals surface area contributed by atoms with Crippen molar-refractivity contribution in [2.24, 2.45) is 0 Å². The lowest BCUT2D eigenvalue weighted by atomic mass is 9.34. The highest BCUT2D eigenvalue weighted by Gasteiger charge is 2.38. The van der Waals surface area contributed by atoms with Crippen molar-refractivity contribution in [3.05, 3.63) is 40.1 Å².